The number of halogens is 1. The minimum atomic E-state index is 0. The van der Waals surface area contributed by atoms with E-state index in [0.29, 0.717) is 5.92 Å². The number of hydrogen-bond donors (Lipinski definition) is 0. The number of likely N-dealkylation sites (tertiary alicyclic amines) is 2. The first-order valence-corrected chi connectivity index (χ1v) is 9.63. The van der Waals surface area contributed by atoms with E-state index in [1.165, 1.54) is 43.7 Å². The van der Waals surface area contributed by atoms with Crippen LogP contribution in [0.15, 0.2) is 24.3 Å². The lowest BCUT2D eigenvalue weighted by Crippen LogP contribution is -2.40. The largest absolute Gasteiger partial charge is 0.343 e. The van der Waals surface area contributed by atoms with Gasteiger partial charge >= 0.3 is 0 Å². The van der Waals surface area contributed by atoms with Crippen molar-refractivity contribution in [1.29, 1.82) is 0 Å². The van der Waals surface area contributed by atoms with Crippen LogP contribution in [-0.4, -0.2) is 51.4 Å². The summed E-state index contributed by atoms with van der Waals surface area (Å²) in [5.74, 6) is 1.91. The number of nitrogens with zero attached hydrogens (tertiary/aromatic N) is 4. The molecule has 2 aliphatic rings. The van der Waals surface area contributed by atoms with E-state index in [2.05, 4.69) is 33.7 Å². The monoisotopic (exact) mass is 376 g/mol. The predicted molar refractivity (Wildman–Crippen MR) is 106 cm³/mol. The number of piperidine rings is 1. The van der Waals surface area contributed by atoms with Crippen LogP contribution in [0.5, 0.6) is 0 Å². The fraction of sp³-hybridized carbons (Fsp3) is 0.600. The van der Waals surface area contributed by atoms with Crippen LogP contribution in [0.1, 0.15) is 38.4 Å². The van der Waals surface area contributed by atoms with E-state index in [9.17, 15) is 4.79 Å². The molecule has 1 amide bonds. The van der Waals surface area contributed by atoms with E-state index >= 15 is 0 Å². The molecule has 0 radical (unpaired) electrons. The van der Waals surface area contributed by atoms with Crippen molar-refractivity contribution in [3.63, 3.8) is 0 Å². The van der Waals surface area contributed by atoms with E-state index < -0.39 is 0 Å². The van der Waals surface area contributed by atoms with Crippen LogP contribution in [0.2, 0.25) is 0 Å². The fourth-order valence-electron chi connectivity index (χ4n) is 4.35. The Morgan fingerprint density at radius 1 is 1.15 bits per heavy atom. The zero-order valence-electron chi connectivity index (χ0n) is 15.6. The maximum Gasteiger partial charge on any atom is 0.219 e. The Kier molecular flexibility index (Phi) is 6.20. The van der Waals surface area contributed by atoms with Crippen molar-refractivity contribution in [2.75, 3.05) is 26.2 Å². The maximum absolute atomic E-state index is 11.8. The van der Waals surface area contributed by atoms with Gasteiger partial charge in [0.25, 0.3) is 0 Å². The molecule has 1 atom stereocenters. The van der Waals surface area contributed by atoms with Crippen molar-refractivity contribution >= 4 is 29.3 Å². The van der Waals surface area contributed by atoms with Gasteiger partial charge in [-0.15, -0.1) is 12.4 Å². The molecule has 0 bridgehead atoms. The highest BCUT2D eigenvalue weighted by molar-refractivity contribution is 5.85. The molecule has 0 N–H and O–H groups in total. The Labute approximate surface area is 161 Å². The molecule has 0 saturated carbocycles. The van der Waals surface area contributed by atoms with Crippen molar-refractivity contribution in [3.05, 3.63) is 30.1 Å². The van der Waals surface area contributed by atoms with Crippen LogP contribution in [0.4, 0.5) is 0 Å². The van der Waals surface area contributed by atoms with Crippen LogP contribution in [-0.2, 0) is 17.9 Å². The summed E-state index contributed by atoms with van der Waals surface area (Å²) in [5.41, 5.74) is 2.33. The first kappa shape index (κ1) is 19.2. The number of rotatable bonds is 4. The Morgan fingerprint density at radius 3 is 2.69 bits per heavy atom. The van der Waals surface area contributed by atoms with Gasteiger partial charge in [0.2, 0.25) is 5.91 Å². The number of imidazole rings is 1. The highest BCUT2D eigenvalue weighted by atomic mass is 35.5. The van der Waals surface area contributed by atoms with Gasteiger partial charge in [0, 0.05) is 26.6 Å². The number of fused-ring (bicyclic) bond motifs is 1. The Bertz CT molecular complexity index is 753. The molecule has 26 heavy (non-hydrogen) atoms. The van der Waals surface area contributed by atoms with Crippen molar-refractivity contribution in [2.45, 2.75) is 45.7 Å². The maximum atomic E-state index is 11.8. The molecule has 142 valence electrons. The minimum absolute atomic E-state index is 0. The molecular formula is C20H29ClN4O. The molecule has 1 aromatic carbocycles. The summed E-state index contributed by atoms with van der Waals surface area (Å²) < 4.78 is 2.42. The van der Waals surface area contributed by atoms with E-state index in [4.69, 9.17) is 4.98 Å². The second-order valence-electron chi connectivity index (χ2n) is 7.58. The first-order valence-electron chi connectivity index (χ1n) is 9.63. The van der Waals surface area contributed by atoms with Gasteiger partial charge in [-0.3, -0.25) is 9.69 Å². The van der Waals surface area contributed by atoms with E-state index in [-0.39, 0.29) is 18.3 Å². The Balaban J connectivity index is 0.00000196. The van der Waals surface area contributed by atoms with Crippen molar-refractivity contribution in [1.82, 2.24) is 19.4 Å². The third kappa shape index (κ3) is 4.04. The number of aromatic nitrogens is 2. The molecule has 2 aliphatic heterocycles. The number of carbonyl (C=O) groups is 1. The highest BCUT2D eigenvalue weighted by Gasteiger charge is 2.24. The quantitative estimate of drug-likeness (QED) is 0.822. The third-order valence-electron chi connectivity index (χ3n) is 5.70. The summed E-state index contributed by atoms with van der Waals surface area (Å²) in [6.45, 7) is 7.76. The second-order valence-corrected chi connectivity index (χ2v) is 7.58. The van der Waals surface area contributed by atoms with E-state index in [0.717, 1.165) is 38.1 Å². The highest BCUT2D eigenvalue weighted by Crippen LogP contribution is 2.24. The minimum Gasteiger partial charge on any atom is -0.343 e. The SMILES string of the molecule is CC(=O)N1CCCC(Cn2c(CN3CCCC3)nc3ccccc32)C1.Cl. The standard InChI is InChI=1S/C20H28N4O.ClH/c1-16(25)23-12-6-7-17(13-23)14-24-19-9-3-2-8-18(19)21-20(24)15-22-10-4-5-11-22;/h2-3,8-9,17H,4-7,10-15H2,1H3;1H. The summed E-state index contributed by atoms with van der Waals surface area (Å²) in [6.07, 6.45) is 4.91. The van der Waals surface area contributed by atoms with E-state index in [1.807, 2.05) is 4.90 Å². The molecule has 1 aromatic heterocycles. The molecule has 5 nitrogen and oxygen atoms in total. The normalized spacial score (nSPS) is 21.1. The van der Waals surface area contributed by atoms with E-state index in [1.54, 1.807) is 6.92 Å². The Morgan fingerprint density at radius 2 is 1.92 bits per heavy atom. The van der Waals surface area contributed by atoms with Crippen molar-refractivity contribution in [3.8, 4) is 0 Å². The number of hydrogen-bond acceptors (Lipinski definition) is 3. The molecule has 6 heteroatoms. The smallest absolute Gasteiger partial charge is 0.219 e. The lowest BCUT2D eigenvalue weighted by atomic mass is 9.97. The lowest BCUT2D eigenvalue weighted by molar-refractivity contribution is -0.130. The topological polar surface area (TPSA) is 41.4 Å². The summed E-state index contributed by atoms with van der Waals surface area (Å²) in [4.78, 5) is 21.2. The van der Waals surface area contributed by atoms with Crippen LogP contribution in [0.3, 0.4) is 0 Å². The number of para-hydroxylation sites is 2. The average Bonchev–Trinajstić information content (AvgIpc) is 3.24. The van der Waals surface area contributed by atoms with Gasteiger partial charge in [-0.05, 0) is 56.8 Å². The number of amides is 1. The molecule has 0 aliphatic carbocycles. The van der Waals surface area contributed by atoms with Gasteiger partial charge < -0.3 is 9.47 Å². The van der Waals surface area contributed by atoms with Crippen LogP contribution >= 0.6 is 12.4 Å². The first-order chi connectivity index (χ1) is 12.2. The lowest BCUT2D eigenvalue weighted by Gasteiger charge is -2.32. The molecule has 3 heterocycles. The Hall–Kier alpha value is -1.59. The third-order valence-corrected chi connectivity index (χ3v) is 5.70. The van der Waals surface area contributed by atoms with Crippen LogP contribution in [0.25, 0.3) is 11.0 Å². The van der Waals surface area contributed by atoms with Gasteiger partial charge in [0.05, 0.1) is 17.6 Å². The molecule has 2 aromatic rings. The van der Waals surface area contributed by atoms with Crippen LogP contribution < -0.4 is 0 Å². The predicted octanol–water partition coefficient (Wildman–Crippen LogP) is 3.31. The number of carbonyl (C=O) groups excluding carboxylic acids is 1. The summed E-state index contributed by atoms with van der Waals surface area (Å²) in [5, 5.41) is 0. The number of benzene rings is 1. The zero-order chi connectivity index (χ0) is 17.2. The summed E-state index contributed by atoms with van der Waals surface area (Å²) in [7, 11) is 0. The molecule has 0 spiro atoms. The van der Waals surface area contributed by atoms with Crippen molar-refractivity contribution in [2.24, 2.45) is 5.92 Å². The average molecular weight is 377 g/mol. The molecular weight excluding hydrogens is 348 g/mol. The van der Waals surface area contributed by atoms with Gasteiger partial charge in [0.1, 0.15) is 5.82 Å². The zero-order valence-corrected chi connectivity index (χ0v) is 16.4. The summed E-state index contributed by atoms with van der Waals surface area (Å²) in [6, 6.07) is 8.46. The molecule has 1 unspecified atom stereocenters. The fourth-order valence-corrected chi connectivity index (χ4v) is 4.35. The summed E-state index contributed by atoms with van der Waals surface area (Å²) >= 11 is 0. The van der Waals surface area contributed by atoms with Gasteiger partial charge in [-0.1, -0.05) is 12.1 Å². The molecule has 2 saturated heterocycles. The van der Waals surface area contributed by atoms with Gasteiger partial charge in [-0.2, -0.15) is 0 Å². The van der Waals surface area contributed by atoms with Crippen molar-refractivity contribution < 1.29 is 4.79 Å². The second kappa shape index (κ2) is 8.40. The van der Waals surface area contributed by atoms with Gasteiger partial charge in [-0.25, -0.2) is 4.98 Å². The molecule has 2 fully saturated rings. The molecule has 4 rings (SSSR count). The van der Waals surface area contributed by atoms with Gasteiger partial charge in [0.15, 0.2) is 0 Å². The van der Waals surface area contributed by atoms with Crippen LogP contribution in [0, 0.1) is 5.92 Å².